The zero-order chi connectivity index (χ0) is 14.5. The molecule has 20 heavy (non-hydrogen) atoms. The van der Waals surface area contributed by atoms with Crippen LogP contribution in [0, 0.1) is 5.82 Å². The minimum absolute atomic E-state index is 0.362. The highest BCUT2D eigenvalue weighted by Gasteiger charge is 2.17. The quantitative estimate of drug-likeness (QED) is 0.656. The normalized spacial score (nSPS) is 12.2. The van der Waals surface area contributed by atoms with Gasteiger partial charge in [0.2, 0.25) is 0 Å². The summed E-state index contributed by atoms with van der Waals surface area (Å²) in [5, 5.41) is 0.461. The Labute approximate surface area is 122 Å². The number of nitrogens with one attached hydrogen (secondary N) is 1. The average Bonchev–Trinajstić information content (AvgIpc) is 2.44. The van der Waals surface area contributed by atoms with Crippen LogP contribution in [0.25, 0.3) is 0 Å². The van der Waals surface area contributed by atoms with E-state index in [-0.39, 0.29) is 5.82 Å². The number of benzene rings is 2. The Bertz CT molecular complexity index is 592. The van der Waals surface area contributed by atoms with Crippen molar-refractivity contribution in [3.63, 3.8) is 0 Å². The molecule has 2 aromatic rings. The van der Waals surface area contributed by atoms with Gasteiger partial charge in [-0.15, -0.1) is 0 Å². The zero-order valence-corrected chi connectivity index (χ0v) is 11.8. The van der Waals surface area contributed by atoms with Gasteiger partial charge in [0.25, 0.3) is 0 Å². The predicted octanol–water partition coefficient (Wildman–Crippen LogP) is 3.43. The van der Waals surface area contributed by atoms with Gasteiger partial charge in [0, 0.05) is 10.6 Å². The van der Waals surface area contributed by atoms with E-state index in [4.69, 9.17) is 22.2 Å². The molecule has 1 atom stereocenters. The Kier molecular flexibility index (Phi) is 4.95. The first kappa shape index (κ1) is 14.8. The smallest absolute Gasteiger partial charge is 0.128 e. The fourth-order valence-electron chi connectivity index (χ4n) is 2.05. The van der Waals surface area contributed by atoms with E-state index in [0.29, 0.717) is 22.9 Å². The molecule has 0 heterocycles. The van der Waals surface area contributed by atoms with Crippen molar-refractivity contribution in [2.75, 3.05) is 6.61 Å². The van der Waals surface area contributed by atoms with E-state index in [9.17, 15) is 4.39 Å². The average molecular weight is 295 g/mol. The van der Waals surface area contributed by atoms with Crippen molar-refractivity contribution in [1.82, 2.24) is 5.43 Å². The molecule has 0 aliphatic carbocycles. The summed E-state index contributed by atoms with van der Waals surface area (Å²) in [5.74, 6) is 5.93. The molecule has 3 nitrogen and oxygen atoms in total. The Balaban J connectivity index is 2.41. The van der Waals surface area contributed by atoms with Gasteiger partial charge in [-0.05, 0) is 42.8 Å². The van der Waals surface area contributed by atoms with E-state index in [0.717, 1.165) is 5.56 Å². The standard InChI is InChI=1S/C15H16ClFN2O/c1-2-20-12-5-3-4-10(8-12)15(19-18)13-9-11(16)6-7-14(13)17/h3-9,15,19H,2,18H2,1H3. The monoisotopic (exact) mass is 294 g/mol. The molecule has 1 unspecified atom stereocenters. The van der Waals surface area contributed by atoms with Crippen LogP contribution in [-0.2, 0) is 0 Å². The van der Waals surface area contributed by atoms with Gasteiger partial charge in [0.1, 0.15) is 11.6 Å². The lowest BCUT2D eigenvalue weighted by atomic mass is 9.98. The lowest BCUT2D eigenvalue weighted by Gasteiger charge is -2.18. The summed E-state index contributed by atoms with van der Waals surface area (Å²) in [4.78, 5) is 0. The third kappa shape index (κ3) is 3.28. The third-order valence-electron chi connectivity index (χ3n) is 2.94. The van der Waals surface area contributed by atoms with Crippen LogP contribution in [0.2, 0.25) is 5.02 Å². The molecule has 0 aromatic heterocycles. The minimum atomic E-state index is -0.492. The van der Waals surface area contributed by atoms with Crippen molar-refractivity contribution in [3.8, 4) is 5.75 Å². The topological polar surface area (TPSA) is 47.3 Å². The minimum Gasteiger partial charge on any atom is -0.494 e. The number of rotatable bonds is 5. The Morgan fingerprint density at radius 1 is 1.30 bits per heavy atom. The molecule has 0 saturated carbocycles. The van der Waals surface area contributed by atoms with Crippen molar-refractivity contribution < 1.29 is 9.13 Å². The van der Waals surface area contributed by atoms with E-state index in [2.05, 4.69) is 5.43 Å². The van der Waals surface area contributed by atoms with Gasteiger partial charge in [0.15, 0.2) is 0 Å². The van der Waals surface area contributed by atoms with Gasteiger partial charge in [-0.3, -0.25) is 5.84 Å². The van der Waals surface area contributed by atoms with Crippen LogP contribution in [0.3, 0.4) is 0 Å². The van der Waals surface area contributed by atoms with Crippen LogP contribution in [0.5, 0.6) is 5.75 Å². The van der Waals surface area contributed by atoms with Crippen molar-refractivity contribution in [1.29, 1.82) is 0 Å². The fraction of sp³-hybridized carbons (Fsp3) is 0.200. The fourth-order valence-corrected chi connectivity index (χ4v) is 2.23. The SMILES string of the molecule is CCOc1cccc(C(NN)c2cc(Cl)ccc2F)c1. The van der Waals surface area contributed by atoms with Gasteiger partial charge in [-0.2, -0.15) is 0 Å². The van der Waals surface area contributed by atoms with E-state index in [1.165, 1.54) is 12.1 Å². The number of hydrazine groups is 1. The molecule has 0 aliphatic rings. The molecule has 0 saturated heterocycles. The van der Waals surface area contributed by atoms with E-state index in [1.54, 1.807) is 6.07 Å². The van der Waals surface area contributed by atoms with Crippen LogP contribution >= 0.6 is 11.6 Å². The first-order valence-electron chi connectivity index (χ1n) is 6.29. The molecule has 5 heteroatoms. The molecule has 106 valence electrons. The van der Waals surface area contributed by atoms with E-state index in [1.807, 2.05) is 31.2 Å². The second-order valence-electron chi connectivity index (χ2n) is 4.27. The number of ether oxygens (including phenoxy) is 1. The maximum atomic E-state index is 14.0. The molecule has 0 fully saturated rings. The molecule has 0 aliphatic heterocycles. The van der Waals surface area contributed by atoms with Crippen LogP contribution in [0.4, 0.5) is 4.39 Å². The van der Waals surface area contributed by atoms with Crippen molar-refractivity contribution in [2.24, 2.45) is 5.84 Å². The van der Waals surface area contributed by atoms with Gasteiger partial charge in [0.05, 0.1) is 12.6 Å². The first-order valence-corrected chi connectivity index (χ1v) is 6.67. The number of hydrogen-bond acceptors (Lipinski definition) is 3. The molecule has 0 spiro atoms. The first-order chi connectivity index (χ1) is 9.65. The van der Waals surface area contributed by atoms with Crippen molar-refractivity contribution >= 4 is 11.6 Å². The summed E-state index contributed by atoms with van der Waals surface area (Å²) >= 11 is 5.93. The van der Waals surface area contributed by atoms with Gasteiger partial charge in [-0.25, -0.2) is 9.82 Å². The van der Waals surface area contributed by atoms with E-state index < -0.39 is 6.04 Å². The van der Waals surface area contributed by atoms with Crippen LogP contribution < -0.4 is 16.0 Å². The molecule has 2 rings (SSSR count). The summed E-state index contributed by atoms with van der Waals surface area (Å²) in [5.41, 5.74) is 3.82. The molecule has 3 N–H and O–H groups in total. The second kappa shape index (κ2) is 6.70. The molecule has 0 radical (unpaired) electrons. The van der Waals surface area contributed by atoms with Gasteiger partial charge >= 0.3 is 0 Å². The van der Waals surface area contributed by atoms with Crippen molar-refractivity contribution in [2.45, 2.75) is 13.0 Å². The van der Waals surface area contributed by atoms with Gasteiger partial charge in [-0.1, -0.05) is 23.7 Å². The summed E-state index contributed by atoms with van der Waals surface area (Å²) in [6, 6.07) is 11.3. The highest BCUT2D eigenvalue weighted by atomic mass is 35.5. The summed E-state index contributed by atoms with van der Waals surface area (Å²) in [7, 11) is 0. The van der Waals surface area contributed by atoms with E-state index >= 15 is 0 Å². The number of halogens is 2. The maximum absolute atomic E-state index is 14.0. The third-order valence-corrected chi connectivity index (χ3v) is 3.17. The molecule has 0 bridgehead atoms. The Hall–Kier alpha value is -1.62. The van der Waals surface area contributed by atoms with Crippen LogP contribution in [0.15, 0.2) is 42.5 Å². The molecular weight excluding hydrogens is 279 g/mol. The number of nitrogens with two attached hydrogens (primary N) is 1. The van der Waals surface area contributed by atoms with Crippen LogP contribution in [0.1, 0.15) is 24.1 Å². The zero-order valence-electron chi connectivity index (χ0n) is 11.1. The van der Waals surface area contributed by atoms with Crippen LogP contribution in [-0.4, -0.2) is 6.61 Å². The maximum Gasteiger partial charge on any atom is 0.128 e. The highest BCUT2D eigenvalue weighted by molar-refractivity contribution is 6.30. The van der Waals surface area contributed by atoms with Crippen molar-refractivity contribution in [3.05, 3.63) is 64.4 Å². The van der Waals surface area contributed by atoms with Gasteiger partial charge < -0.3 is 4.74 Å². The second-order valence-corrected chi connectivity index (χ2v) is 4.71. The largest absolute Gasteiger partial charge is 0.494 e. The summed E-state index contributed by atoms with van der Waals surface area (Å²) < 4.78 is 19.4. The lowest BCUT2D eigenvalue weighted by molar-refractivity contribution is 0.339. The Morgan fingerprint density at radius 2 is 2.10 bits per heavy atom. The molecule has 2 aromatic carbocycles. The Morgan fingerprint density at radius 3 is 2.80 bits per heavy atom. The summed E-state index contributed by atoms with van der Waals surface area (Å²) in [6.45, 7) is 2.47. The predicted molar refractivity (Wildman–Crippen MR) is 78.2 cm³/mol. The number of hydrogen-bond donors (Lipinski definition) is 2. The lowest BCUT2D eigenvalue weighted by Crippen LogP contribution is -2.29. The molecular formula is C15H16ClFN2O. The molecule has 0 amide bonds. The highest BCUT2D eigenvalue weighted by Crippen LogP contribution is 2.28. The summed E-state index contributed by atoms with van der Waals surface area (Å²) in [6.07, 6.45) is 0.